The molecule has 0 spiro atoms. The predicted octanol–water partition coefficient (Wildman–Crippen LogP) is 1.42. The van der Waals surface area contributed by atoms with Crippen LogP contribution in [0.4, 0.5) is 5.82 Å². The first-order valence-corrected chi connectivity index (χ1v) is 5.70. The Bertz CT molecular complexity index is 529. The summed E-state index contributed by atoms with van der Waals surface area (Å²) >= 11 is 1.53. The fourth-order valence-electron chi connectivity index (χ4n) is 1.44. The fourth-order valence-corrected chi connectivity index (χ4v) is 2.05. The van der Waals surface area contributed by atoms with Crippen LogP contribution in [0.2, 0.25) is 0 Å². The monoisotopic (exact) mass is 236 g/mol. The minimum absolute atomic E-state index is 0.157. The van der Waals surface area contributed by atoms with Crippen molar-refractivity contribution in [3.8, 4) is 0 Å². The number of rotatable bonds is 2. The maximum Gasteiger partial charge on any atom is 0.254 e. The van der Waals surface area contributed by atoms with Crippen LogP contribution < -0.4 is 5.73 Å². The molecule has 0 saturated heterocycles. The number of nitrogens with two attached hydrogens (primary N) is 1. The molecule has 84 valence electrons. The Morgan fingerprint density at radius 3 is 2.81 bits per heavy atom. The number of nitrogens with zero attached hydrogens (tertiary/aromatic N) is 3. The first-order valence-electron chi connectivity index (χ1n) is 4.82. The average molecular weight is 236 g/mol. The molecule has 0 aromatic carbocycles. The Hall–Kier alpha value is -1.69. The van der Waals surface area contributed by atoms with Crippen LogP contribution in [0.3, 0.4) is 0 Å². The summed E-state index contributed by atoms with van der Waals surface area (Å²) in [6.45, 7) is 3.71. The Morgan fingerprint density at radius 1 is 1.56 bits per heavy atom. The molecule has 2 rings (SSSR count). The number of carbonyl (C=O) groups excluding carboxylic acids is 1. The molecule has 0 atom stereocenters. The molecule has 0 amide bonds. The van der Waals surface area contributed by atoms with E-state index in [9.17, 15) is 4.79 Å². The lowest BCUT2D eigenvalue weighted by Crippen LogP contribution is -2.17. The summed E-state index contributed by atoms with van der Waals surface area (Å²) in [5.74, 6) is 0.213. The van der Waals surface area contributed by atoms with Crippen molar-refractivity contribution < 1.29 is 4.79 Å². The highest BCUT2D eigenvalue weighted by atomic mass is 32.1. The van der Waals surface area contributed by atoms with Crippen molar-refractivity contribution in [3.63, 3.8) is 0 Å². The first-order chi connectivity index (χ1) is 7.56. The summed E-state index contributed by atoms with van der Waals surface area (Å²) < 4.78 is 1.23. The van der Waals surface area contributed by atoms with Gasteiger partial charge in [0.25, 0.3) is 5.91 Å². The number of hydrogen-bond acceptors (Lipinski definition) is 5. The predicted molar refractivity (Wildman–Crippen MR) is 62.6 cm³/mol. The van der Waals surface area contributed by atoms with Crippen LogP contribution in [0.5, 0.6) is 0 Å². The van der Waals surface area contributed by atoms with E-state index in [1.165, 1.54) is 16.0 Å². The largest absolute Gasteiger partial charge is 0.383 e. The van der Waals surface area contributed by atoms with Gasteiger partial charge >= 0.3 is 0 Å². The zero-order valence-electron chi connectivity index (χ0n) is 9.10. The highest BCUT2D eigenvalue weighted by Gasteiger charge is 2.12. The van der Waals surface area contributed by atoms with Gasteiger partial charge in [-0.15, -0.1) is 11.3 Å². The summed E-state index contributed by atoms with van der Waals surface area (Å²) in [6, 6.07) is 1.67. The van der Waals surface area contributed by atoms with Crippen molar-refractivity contribution in [1.29, 1.82) is 0 Å². The third kappa shape index (κ3) is 2.11. The summed E-state index contributed by atoms with van der Waals surface area (Å²) in [4.78, 5) is 16.1. The molecule has 2 heterocycles. The second-order valence-corrected chi connectivity index (χ2v) is 4.61. The number of thiazole rings is 1. The zero-order valence-corrected chi connectivity index (χ0v) is 9.91. The van der Waals surface area contributed by atoms with E-state index >= 15 is 0 Å². The molecule has 0 bridgehead atoms. The smallest absolute Gasteiger partial charge is 0.254 e. The van der Waals surface area contributed by atoms with Crippen LogP contribution in [0.25, 0.3) is 0 Å². The third-order valence-electron chi connectivity index (χ3n) is 2.09. The molecule has 2 N–H and O–H groups in total. The van der Waals surface area contributed by atoms with Gasteiger partial charge in [0.15, 0.2) is 0 Å². The molecule has 0 radical (unpaired) electrons. The number of aromatic nitrogens is 3. The van der Waals surface area contributed by atoms with Gasteiger partial charge in [0.05, 0.1) is 22.8 Å². The van der Waals surface area contributed by atoms with Gasteiger partial charge in [-0.05, 0) is 13.8 Å². The molecule has 2 aromatic heterocycles. The van der Waals surface area contributed by atoms with Gasteiger partial charge in [0.1, 0.15) is 5.82 Å². The molecule has 0 aliphatic carbocycles. The number of nitrogen functional groups attached to an aromatic ring is 1. The van der Waals surface area contributed by atoms with Crippen molar-refractivity contribution in [2.24, 2.45) is 0 Å². The SMILES string of the molecule is Cc1cc(N)n(C(=O)Cc2csc(C)n2)n1. The van der Waals surface area contributed by atoms with E-state index in [2.05, 4.69) is 10.1 Å². The summed E-state index contributed by atoms with van der Waals surface area (Å²) in [5.41, 5.74) is 7.16. The first kappa shape index (κ1) is 10.8. The number of carbonyl (C=O) groups is 1. The van der Waals surface area contributed by atoms with Gasteiger partial charge < -0.3 is 5.73 Å². The van der Waals surface area contributed by atoms with Crippen LogP contribution in [-0.4, -0.2) is 20.7 Å². The second kappa shape index (κ2) is 4.05. The lowest BCUT2D eigenvalue weighted by atomic mass is 10.3. The quantitative estimate of drug-likeness (QED) is 0.855. The van der Waals surface area contributed by atoms with Gasteiger partial charge in [-0.3, -0.25) is 4.79 Å². The molecule has 5 nitrogen and oxygen atoms in total. The maximum atomic E-state index is 11.8. The van der Waals surface area contributed by atoms with Crippen LogP contribution in [0.1, 0.15) is 21.2 Å². The summed E-state index contributed by atoms with van der Waals surface area (Å²) in [5, 5.41) is 6.86. The molecule has 0 saturated carbocycles. The highest BCUT2D eigenvalue weighted by molar-refractivity contribution is 7.09. The van der Waals surface area contributed by atoms with E-state index in [0.29, 0.717) is 5.82 Å². The minimum Gasteiger partial charge on any atom is -0.383 e. The minimum atomic E-state index is -0.157. The van der Waals surface area contributed by atoms with Crippen molar-refractivity contribution in [2.45, 2.75) is 20.3 Å². The van der Waals surface area contributed by atoms with Crippen molar-refractivity contribution in [1.82, 2.24) is 14.8 Å². The highest BCUT2D eigenvalue weighted by Crippen LogP contribution is 2.11. The van der Waals surface area contributed by atoms with Gasteiger partial charge in [-0.2, -0.15) is 9.78 Å². The topological polar surface area (TPSA) is 73.8 Å². The maximum absolute atomic E-state index is 11.8. The van der Waals surface area contributed by atoms with Crippen LogP contribution >= 0.6 is 11.3 Å². The average Bonchev–Trinajstić information content (AvgIpc) is 2.73. The van der Waals surface area contributed by atoms with E-state index in [1.807, 2.05) is 12.3 Å². The van der Waals surface area contributed by atoms with Gasteiger partial charge in [0.2, 0.25) is 0 Å². The van der Waals surface area contributed by atoms with Crippen molar-refractivity contribution in [2.75, 3.05) is 5.73 Å². The van der Waals surface area contributed by atoms with Gasteiger partial charge in [-0.1, -0.05) is 0 Å². The number of hydrogen-bond donors (Lipinski definition) is 1. The second-order valence-electron chi connectivity index (χ2n) is 3.55. The Morgan fingerprint density at radius 2 is 2.31 bits per heavy atom. The van der Waals surface area contributed by atoms with Gasteiger partial charge in [0, 0.05) is 11.4 Å². The molecule has 0 unspecified atom stereocenters. The van der Waals surface area contributed by atoms with E-state index in [0.717, 1.165) is 16.4 Å². The molecule has 16 heavy (non-hydrogen) atoms. The Kier molecular flexibility index (Phi) is 2.74. The normalized spacial score (nSPS) is 10.6. The van der Waals surface area contributed by atoms with Crippen molar-refractivity contribution >= 4 is 23.1 Å². The Labute approximate surface area is 96.9 Å². The molecule has 0 aliphatic heterocycles. The molecule has 6 heteroatoms. The van der Waals surface area contributed by atoms with Crippen molar-refractivity contribution in [3.05, 3.63) is 27.8 Å². The summed E-state index contributed by atoms with van der Waals surface area (Å²) in [7, 11) is 0. The third-order valence-corrected chi connectivity index (χ3v) is 2.92. The standard InChI is InChI=1S/C10H12N4OS/c1-6-3-9(11)14(13-6)10(15)4-8-5-16-7(2)12-8/h3,5H,4,11H2,1-2H3. The fraction of sp³-hybridized carbons (Fsp3) is 0.300. The number of anilines is 1. The van der Waals surface area contributed by atoms with Crippen LogP contribution in [-0.2, 0) is 6.42 Å². The Balaban J connectivity index is 2.17. The van der Waals surface area contributed by atoms with E-state index in [4.69, 9.17) is 5.73 Å². The molecular weight excluding hydrogens is 224 g/mol. The van der Waals surface area contributed by atoms with Crippen LogP contribution in [0, 0.1) is 13.8 Å². The number of aryl methyl sites for hydroxylation is 2. The lowest BCUT2D eigenvalue weighted by Gasteiger charge is -2.00. The van der Waals surface area contributed by atoms with Crippen LogP contribution in [0.15, 0.2) is 11.4 Å². The lowest BCUT2D eigenvalue weighted by molar-refractivity contribution is 0.0900. The molecule has 0 aliphatic rings. The van der Waals surface area contributed by atoms with E-state index < -0.39 is 0 Å². The van der Waals surface area contributed by atoms with Gasteiger partial charge in [-0.25, -0.2) is 4.98 Å². The summed E-state index contributed by atoms with van der Waals surface area (Å²) in [6.07, 6.45) is 0.232. The zero-order chi connectivity index (χ0) is 11.7. The molecule has 0 fully saturated rings. The molecule has 2 aromatic rings. The van der Waals surface area contributed by atoms with E-state index in [-0.39, 0.29) is 12.3 Å². The molecular formula is C10H12N4OS. The van der Waals surface area contributed by atoms with E-state index in [1.54, 1.807) is 13.0 Å².